The van der Waals surface area contributed by atoms with Gasteiger partial charge in [-0.1, -0.05) is 12.7 Å². The molecule has 0 aliphatic carbocycles. The van der Waals surface area contributed by atoms with E-state index in [1.54, 1.807) is 6.92 Å². The first-order valence-corrected chi connectivity index (χ1v) is 7.02. The smallest absolute Gasteiger partial charge is 0.338 e. The van der Waals surface area contributed by atoms with Gasteiger partial charge in [0.15, 0.2) is 0 Å². The Morgan fingerprint density at radius 2 is 2.09 bits per heavy atom. The molecule has 1 heterocycles. The van der Waals surface area contributed by atoms with Crippen LogP contribution in [0.3, 0.4) is 0 Å². The summed E-state index contributed by atoms with van der Waals surface area (Å²) in [4.78, 5) is 13.6. The minimum atomic E-state index is -4.32. The number of amides is 1. The molecule has 6 heteroatoms. The van der Waals surface area contributed by atoms with Gasteiger partial charge in [0.05, 0.1) is 5.92 Å². The molecule has 0 bridgehead atoms. The molecule has 1 atom stereocenters. The highest BCUT2D eigenvalue weighted by Crippen LogP contribution is 2.33. The van der Waals surface area contributed by atoms with Crippen LogP contribution in [0.5, 0.6) is 0 Å². The Bertz CT molecular complexity index is 595. The molecule has 0 saturated carbocycles. The number of nitrogens with zero attached hydrogens (tertiary/aromatic N) is 1. The number of piperidine rings is 1. The van der Waals surface area contributed by atoms with Crippen molar-refractivity contribution in [3.05, 3.63) is 41.2 Å². The Hall–Kier alpha value is -1.85. The first-order valence-electron chi connectivity index (χ1n) is 7.02. The van der Waals surface area contributed by atoms with E-state index < -0.39 is 23.8 Å². The summed E-state index contributed by atoms with van der Waals surface area (Å²) >= 11 is 0. The fourth-order valence-corrected chi connectivity index (χ4v) is 2.66. The molecule has 2 rings (SSSR count). The summed E-state index contributed by atoms with van der Waals surface area (Å²) in [6, 6.07) is 2.55. The van der Waals surface area contributed by atoms with Crippen LogP contribution in [0.2, 0.25) is 0 Å². The van der Waals surface area contributed by atoms with E-state index in [-0.39, 0.29) is 31.5 Å². The Morgan fingerprint density at radius 3 is 2.68 bits per heavy atom. The Morgan fingerprint density at radius 1 is 1.41 bits per heavy atom. The van der Waals surface area contributed by atoms with Gasteiger partial charge in [-0.05, 0) is 43.0 Å². The molecule has 1 amide bonds. The molecule has 2 nitrogen and oxygen atoms in total. The third-order valence-electron chi connectivity index (χ3n) is 3.95. The lowest BCUT2D eigenvalue weighted by Crippen LogP contribution is -2.44. The molecule has 1 aromatic rings. The van der Waals surface area contributed by atoms with Gasteiger partial charge in [0.1, 0.15) is 5.82 Å². The summed E-state index contributed by atoms with van der Waals surface area (Å²) in [5.74, 6) is -2.66. The van der Waals surface area contributed by atoms with Crippen molar-refractivity contribution in [3.8, 4) is 0 Å². The van der Waals surface area contributed by atoms with Crippen molar-refractivity contribution in [1.29, 1.82) is 0 Å². The van der Waals surface area contributed by atoms with Gasteiger partial charge in [0.2, 0.25) is 0 Å². The number of alkyl halides is 3. The summed E-state index contributed by atoms with van der Waals surface area (Å²) in [6.45, 7) is 4.99. The molecule has 0 aromatic heterocycles. The number of hydrogen-bond donors (Lipinski definition) is 0. The van der Waals surface area contributed by atoms with Crippen LogP contribution in [0.25, 0.3) is 6.08 Å². The summed E-state index contributed by atoms with van der Waals surface area (Å²) in [5.41, 5.74) is 0.845. The van der Waals surface area contributed by atoms with Gasteiger partial charge in [-0.3, -0.25) is 4.79 Å². The number of rotatable bonds is 2. The van der Waals surface area contributed by atoms with Gasteiger partial charge >= 0.3 is 6.18 Å². The maximum absolute atomic E-state index is 13.7. The maximum Gasteiger partial charge on any atom is 0.393 e. The topological polar surface area (TPSA) is 20.3 Å². The molecule has 1 aliphatic heterocycles. The first kappa shape index (κ1) is 16.5. The fourth-order valence-electron chi connectivity index (χ4n) is 2.66. The van der Waals surface area contributed by atoms with Crippen LogP contribution in [-0.4, -0.2) is 30.1 Å². The molecule has 1 unspecified atom stereocenters. The zero-order chi connectivity index (χ0) is 16.5. The molecule has 22 heavy (non-hydrogen) atoms. The summed E-state index contributed by atoms with van der Waals surface area (Å²) < 4.78 is 52.2. The van der Waals surface area contributed by atoms with Crippen molar-refractivity contribution < 1.29 is 22.4 Å². The third-order valence-corrected chi connectivity index (χ3v) is 3.95. The molecule has 0 spiro atoms. The van der Waals surface area contributed by atoms with E-state index in [1.807, 2.05) is 0 Å². The Kier molecular flexibility index (Phi) is 4.58. The summed E-state index contributed by atoms with van der Waals surface area (Å²) in [6.07, 6.45) is -2.61. The molecule has 120 valence electrons. The number of aryl methyl sites for hydroxylation is 1. The zero-order valence-corrected chi connectivity index (χ0v) is 12.2. The number of likely N-dealkylation sites (tertiary alicyclic amines) is 1. The molecular formula is C16H17F4NO. The van der Waals surface area contributed by atoms with Crippen LogP contribution in [-0.2, 0) is 0 Å². The normalized spacial score (nSPS) is 19.1. The minimum Gasteiger partial charge on any atom is -0.338 e. The van der Waals surface area contributed by atoms with Crippen LogP contribution in [0.4, 0.5) is 17.6 Å². The van der Waals surface area contributed by atoms with Gasteiger partial charge in [-0.25, -0.2) is 4.39 Å². The summed E-state index contributed by atoms with van der Waals surface area (Å²) in [7, 11) is 0. The number of carbonyl (C=O) groups is 1. The average molecular weight is 315 g/mol. The second kappa shape index (κ2) is 6.10. The minimum absolute atomic E-state index is 0.0177. The maximum atomic E-state index is 13.7. The number of benzene rings is 1. The van der Waals surface area contributed by atoms with Gasteiger partial charge in [0, 0.05) is 18.7 Å². The van der Waals surface area contributed by atoms with Crippen LogP contribution in [0.1, 0.15) is 34.3 Å². The molecule has 1 fully saturated rings. The van der Waals surface area contributed by atoms with E-state index in [4.69, 9.17) is 0 Å². The number of hydrogen-bond acceptors (Lipinski definition) is 1. The monoisotopic (exact) mass is 315 g/mol. The van der Waals surface area contributed by atoms with Gasteiger partial charge in [0.25, 0.3) is 5.91 Å². The lowest BCUT2D eigenvalue weighted by molar-refractivity contribution is -0.184. The standard InChI is InChI=1S/C16H17F4NO/c1-3-11-7-10(2)14(17)8-13(11)15(22)21-6-4-5-12(9-21)16(18,19)20/h3,7-8,12H,1,4-6,9H2,2H3. The Balaban J connectivity index is 2.28. The van der Waals surface area contributed by atoms with Gasteiger partial charge in [-0.15, -0.1) is 0 Å². The van der Waals surface area contributed by atoms with Gasteiger partial charge in [-0.2, -0.15) is 13.2 Å². The number of carbonyl (C=O) groups excluding carboxylic acids is 1. The first-order chi connectivity index (χ1) is 10.2. The van der Waals surface area contributed by atoms with Crippen molar-refractivity contribution in [1.82, 2.24) is 4.90 Å². The van der Waals surface area contributed by atoms with Crippen molar-refractivity contribution >= 4 is 12.0 Å². The van der Waals surface area contributed by atoms with Crippen LogP contribution >= 0.6 is 0 Å². The number of halogens is 4. The average Bonchev–Trinajstić information content (AvgIpc) is 2.48. The van der Waals surface area contributed by atoms with Crippen molar-refractivity contribution in [2.45, 2.75) is 25.9 Å². The zero-order valence-electron chi connectivity index (χ0n) is 12.2. The van der Waals surface area contributed by atoms with Crippen molar-refractivity contribution in [2.75, 3.05) is 13.1 Å². The molecule has 1 saturated heterocycles. The highest BCUT2D eigenvalue weighted by Gasteiger charge is 2.42. The fraction of sp³-hybridized carbons (Fsp3) is 0.438. The SMILES string of the molecule is C=Cc1cc(C)c(F)cc1C(=O)N1CCCC(C(F)(F)F)C1. The highest BCUT2D eigenvalue weighted by atomic mass is 19.4. The molecule has 1 aliphatic rings. The molecule has 0 N–H and O–H groups in total. The van der Waals surface area contributed by atoms with E-state index >= 15 is 0 Å². The predicted molar refractivity (Wildman–Crippen MR) is 75.9 cm³/mol. The quantitative estimate of drug-likeness (QED) is 0.749. The summed E-state index contributed by atoms with van der Waals surface area (Å²) in [5, 5.41) is 0. The predicted octanol–water partition coefficient (Wildman–Crippen LogP) is 4.19. The van der Waals surface area contributed by atoms with Crippen LogP contribution < -0.4 is 0 Å². The largest absolute Gasteiger partial charge is 0.393 e. The molecular weight excluding hydrogens is 298 g/mol. The third kappa shape index (κ3) is 3.31. The Labute approximate surface area is 126 Å². The van der Waals surface area contributed by atoms with E-state index in [9.17, 15) is 22.4 Å². The van der Waals surface area contributed by atoms with E-state index in [2.05, 4.69) is 6.58 Å². The second-order valence-corrected chi connectivity index (χ2v) is 5.52. The van der Waals surface area contributed by atoms with E-state index in [1.165, 1.54) is 12.1 Å². The van der Waals surface area contributed by atoms with E-state index in [0.717, 1.165) is 11.0 Å². The van der Waals surface area contributed by atoms with Crippen molar-refractivity contribution in [2.24, 2.45) is 5.92 Å². The van der Waals surface area contributed by atoms with Gasteiger partial charge < -0.3 is 4.90 Å². The second-order valence-electron chi connectivity index (χ2n) is 5.52. The molecule has 1 aromatic carbocycles. The van der Waals surface area contributed by atoms with Crippen LogP contribution in [0, 0.1) is 18.7 Å². The lowest BCUT2D eigenvalue weighted by atomic mass is 9.95. The highest BCUT2D eigenvalue weighted by molar-refractivity contribution is 5.98. The lowest BCUT2D eigenvalue weighted by Gasteiger charge is -2.34. The van der Waals surface area contributed by atoms with Crippen LogP contribution in [0.15, 0.2) is 18.7 Å². The van der Waals surface area contributed by atoms with E-state index in [0.29, 0.717) is 11.1 Å². The van der Waals surface area contributed by atoms with Crippen molar-refractivity contribution in [3.63, 3.8) is 0 Å². The molecule has 0 radical (unpaired) electrons.